The normalized spacial score (nSPS) is 11.1. The zero-order valence-corrected chi connectivity index (χ0v) is 22.2. The summed E-state index contributed by atoms with van der Waals surface area (Å²) in [6, 6.07) is 21.3. The molecule has 3 aromatic carbocycles. The fourth-order valence-corrected chi connectivity index (χ4v) is 5.25. The van der Waals surface area contributed by atoms with E-state index in [0.29, 0.717) is 24.6 Å². The standard InChI is InChI=1S/C28H35N3O4S/c1-5-30(6-2)24-12-10-23(11-13-24)20-29-28(32)21-31(25-14-16-26(17-15-25)35-7-3)36(33,34)27-18-8-22(4)9-19-27/h8-19H,5-7,20-21H2,1-4H3,(H,29,32). The number of ether oxygens (including phenoxy) is 1. The van der Waals surface area contributed by atoms with Crippen molar-refractivity contribution in [1.82, 2.24) is 5.32 Å². The van der Waals surface area contributed by atoms with Gasteiger partial charge in [0, 0.05) is 25.3 Å². The summed E-state index contributed by atoms with van der Waals surface area (Å²) in [5.41, 5.74) is 3.40. The second-order valence-corrected chi connectivity index (χ2v) is 10.2. The van der Waals surface area contributed by atoms with Gasteiger partial charge in [-0.25, -0.2) is 8.42 Å². The molecule has 0 aromatic heterocycles. The van der Waals surface area contributed by atoms with E-state index in [4.69, 9.17) is 4.74 Å². The molecule has 3 aromatic rings. The molecular formula is C28H35N3O4S. The SMILES string of the molecule is CCOc1ccc(N(CC(=O)NCc2ccc(N(CC)CC)cc2)S(=O)(=O)c2ccc(C)cc2)cc1. The van der Waals surface area contributed by atoms with Crippen molar-refractivity contribution in [3.05, 3.63) is 83.9 Å². The van der Waals surface area contributed by atoms with Crippen LogP contribution in [0.1, 0.15) is 31.9 Å². The highest BCUT2D eigenvalue weighted by Gasteiger charge is 2.27. The lowest BCUT2D eigenvalue weighted by molar-refractivity contribution is -0.119. The molecule has 192 valence electrons. The predicted molar refractivity (Wildman–Crippen MR) is 145 cm³/mol. The van der Waals surface area contributed by atoms with Gasteiger partial charge in [0.05, 0.1) is 17.2 Å². The lowest BCUT2D eigenvalue weighted by Crippen LogP contribution is -2.40. The zero-order valence-electron chi connectivity index (χ0n) is 21.4. The molecule has 0 aliphatic rings. The number of benzene rings is 3. The number of aryl methyl sites for hydroxylation is 1. The van der Waals surface area contributed by atoms with Gasteiger partial charge in [-0.05, 0) is 81.8 Å². The lowest BCUT2D eigenvalue weighted by Gasteiger charge is -2.24. The zero-order chi connectivity index (χ0) is 26.1. The maximum Gasteiger partial charge on any atom is 0.264 e. The summed E-state index contributed by atoms with van der Waals surface area (Å²) in [6.45, 7) is 10.3. The van der Waals surface area contributed by atoms with Crippen molar-refractivity contribution >= 4 is 27.3 Å². The molecule has 0 bridgehead atoms. The Morgan fingerprint density at radius 1 is 0.833 bits per heavy atom. The van der Waals surface area contributed by atoms with Crippen LogP contribution >= 0.6 is 0 Å². The molecule has 0 unspecified atom stereocenters. The Hall–Kier alpha value is -3.52. The average molecular weight is 510 g/mol. The number of amides is 1. The highest BCUT2D eigenvalue weighted by Crippen LogP contribution is 2.26. The smallest absolute Gasteiger partial charge is 0.264 e. The van der Waals surface area contributed by atoms with Crippen LogP contribution in [0.2, 0.25) is 0 Å². The van der Waals surface area contributed by atoms with E-state index in [2.05, 4.69) is 24.1 Å². The first-order valence-electron chi connectivity index (χ1n) is 12.2. The molecule has 0 aliphatic carbocycles. The van der Waals surface area contributed by atoms with E-state index in [0.717, 1.165) is 34.2 Å². The highest BCUT2D eigenvalue weighted by atomic mass is 32.2. The molecule has 0 heterocycles. The van der Waals surface area contributed by atoms with Gasteiger partial charge in [-0.3, -0.25) is 9.10 Å². The maximum absolute atomic E-state index is 13.5. The van der Waals surface area contributed by atoms with Crippen molar-refractivity contribution in [3.63, 3.8) is 0 Å². The first-order valence-corrected chi connectivity index (χ1v) is 13.6. The topological polar surface area (TPSA) is 79.0 Å². The minimum Gasteiger partial charge on any atom is -0.494 e. The van der Waals surface area contributed by atoms with Crippen LogP contribution in [-0.2, 0) is 21.4 Å². The van der Waals surface area contributed by atoms with Crippen molar-refractivity contribution in [1.29, 1.82) is 0 Å². The van der Waals surface area contributed by atoms with Crippen LogP contribution in [0.5, 0.6) is 5.75 Å². The van der Waals surface area contributed by atoms with E-state index < -0.39 is 15.9 Å². The van der Waals surface area contributed by atoms with E-state index >= 15 is 0 Å². The van der Waals surface area contributed by atoms with Crippen LogP contribution in [0.25, 0.3) is 0 Å². The van der Waals surface area contributed by atoms with Crippen molar-refractivity contribution in [2.75, 3.05) is 35.4 Å². The van der Waals surface area contributed by atoms with E-state index in [9.17, 15) is 13.2 Å². The molecule has 3 rings (SSSR count). The summed E-state index contributed by atoms with van der Waals surface area (Å²) < 4.78 is 33.7. The van der Waals surface area contributed by atoms with E-state index in [1.165, 1.54) is 0 Å². The second kappa shape index (κ2) is 12.4. The van der Waals surface area contributed by atoms with Crippen LogP contribution < -0.4 is 19.3 Å². The number of carbonyl (C=O) groups excluding carboxylic acids is 1. The maximum atomic E-state index is 13.5. The molecule has 0 atom stereocenters. The number of nitrogens with zero attached hydrogens (tertiary/aromatic N) is 2. The Labute approximate surface area is 214 Å². The van der Waals surface area contributed by atoms with Crippen molar-refractivity contribution in [2.45, 2.75) is 39.1 Å². The molecule has 7 nitrogen and oxygen atoms in total. The van der Waals surface area contributed by atoms with Crippen LogP contribution in [0.3, 0.4) is 0 Å². The second-order valence-electron chi connectivity index (χ2n) is 8.37. The van der Waals surface area contributed by atoms with Gasteiger partial charge >= 0.3 is 0 Å². The van der Waals surface area contributed by atoms with Gasteiger partial charge in [0.25, 0.3) is 10.0 Å². The Bertz CT molecular complexity index is 1220. The number of rotatable bonds is 12. The minimum atomic E-state index is -3.97. The minimum absolute atomic E-state index is 0.127. The third kappa shape index (κ3) is 6.79. The van der Waals surface area contributed by atoms with Crippen LogP contribution in [0.4, 0.5) is 11.4 Å². The summed E-state index contributed by atoms with van der Waals surface area (Å²) in [6.07, 6.45) is 0. The Morgan fingerprint density at radius 3 is 1.97 bits per heavy atom. The summed E-state index contributed by atoms with van der Waals surface area (Å²) in [7, 11) is -3.97. The summed E-state index contributed by atoms with van der Waals surface area (Å²) in [5, 5.41) is 2.86. The van der Waals surface area contributed by atoms with Gasteiger partial charge < -0.3 is 15.0 Å². The van der Waals surface area contributed by atoms with E-state index in [1.54, 1.807) is 48.5 Å². The fraction of sp³-hybridized carbons (Fsp3) is 0.321. The average Bonchev–Trinajstić information content (AvgIpc) is 2.88. The molecule has 8 heteroatoms. The van der Waals surface area contributed by atoms with Gasteiger partial charge in [0.15, 0.2) is 0 Å². The third-order valence-electron chi connectivity index (χ3n) is 5.89. The number of hydrogen-bond acceptors (Lipinski definition) is 5. The van der Waals surface area contributed by atoms with E-state index in [-0.39, 0.29) is 11.4 Å². The predicted octanol–water partition coefficient (Wildman–Crippen LogP) is 4.75. The van der Waals surface area contributed by atoms with Gasteiger partial charge in [-0.2, -0.15) is 0 Å². The van der Waals surface area contributed by atoms with Crippen LogP contribution in [0, 0.1) is 6.92 Å². The summed E-state index contributed by atoms with van der Waals surface area (Å²) >= 11 is 0. The summed E-state index contributed by atoms with van der Waals surface area (Å²) in [5.74, 6) is 0.235. The third-order valence-corrected chi connectivity index (χ3v) is 7.67. The van der Waals surface area contributed by atoms with Crippen LogP contribution in [0.15, 0.2) is 77.7 Å². The largest absolute Gasteiger partial charge is 0.494 e. The molecule has 0 saturated carbocycles. The van der Waals surface area contributed by atoms with Crippen molar-refractivity contribution in [3.8, 4) is 5.75 Å². The van der Waals surface area contributed by atoms with Crippen molar-refractivity contribution in [2.24, 2.45) is 0 Å². The Morgan fingerprint density at radius 2 is 1.42 bits per heavy atom. The molecule has 0 spiro atoms. The summed E-state index contributed by atoms with van der Waals surface area (Å²) in [4.78, 5) is 15.3. The molecule has 1 N–H and O–H groups in total. The first kappa shape index (κ1) is 27.1. The molecular weight excluding hydrogens is 474 g/mol. The number of nitrogens with one attached hydrogen (secondary N) is 1. The quantitative estimate of drug-likeness (QED) is 0.381. The fourth-order valence-electron chi connectivity index (χ4n) is 3.83. The molecule has 0 radical (unpaired) electrons. The Balaban J connectivity index is 1.78. The van der Waals surface area contributed by atoms with Crippen molar-refractivity contribution < 1.29 is 17.9 Å². The van der Waals surface area contributed by atoms with E-state index in [1.807, 2.05) is 38.1 Å². The first-order chi connectivity index (χ1) is 17.3. The van der Waals surface area contributed by atoms with Gasteiger partial charge in [-0.15, -0.1) is 0 Å². The highest BCUT2D eigenvalue weighted by molar-refractivity contribution is 7.92. The van der Waals surface area contributed by atoms with Gasteiger partial charge in [0.2, 0.25) is 5.91 Å². The Kier molecular flexibility index (Phi) is 9.36. The van der Waals surface area contributed by atoms with Crippen LogP contribution in [-0.4, -0.2) is 40.6 Å². The monoisotopic (exact) mass is 509 g/mol. The molecule has 0 saturated heterocycles. The number of sulfonamides is 1. The lowest BCUT2D eigenvalue weighted by atomic mass is 10.2. The number of anilines is 2. The molecule has 0 aliphatic heterocycles. The molecule has 0 fully saturated rings. The molecule has 36 heavy (non-hydrogen) atoms. The molecule has 1 amide bonds. The van der Waals surface area contributed by atoms with Gasteiger partial charge in [-0.1, -0.05) is 29.8 Å². The van der Waals surface area contributed by atoms with Gasteiger partial charge in [0.1, 0.15) is 12.3 Å². The number of hydrogen-bond donors (Lipinski definition) is 1. The number of carbonyl (C=O) groups is 1.